The number of non-ortho nitro benzene ring substituents is 1. The predicted octanol–water partition coefficient (Wildman–Crippen LogP) is 6.45. The minimum absolute atomic E-state index is 0.0381. The second kappa shape index (κ2) is 10.8. The Morgan fingerprint density at radius 2 is 1.62 bits per heavy atom. The zero-order chi connectivity index (χ0) is 26.9. The van der Waals surface area contributed by atoms with Gasteiger partial charge in [-0.3, -0.25) is 25.0 Å². The molecular formula is C24H13Cl4N3O6. The number of carbonyl (C=O) groups is 3. The van der Waals surface area contributed by atoms with E-state index in [1.807, 2.05) is 0 Å². The van der Waals surface area contributed by atoms with Gasteiger partial charge in [-0.15, -0.1) is 0 Å². The number of hydrogen-bond donors (Lipinski definition) is 1. The molecule has 0 aliphatic carbocycles. The van der Waals surface area contributed by atoms with Gasteiger partial charge in [0.2, 0.25) is 0 Å². The van der Waals surface area contributed by atoms with Gasteiger partial charge in [0.1, 0.15) is 17.9 Å². The molecule has 188 valence electrons. The number of barbiturate groups is 1. The molecule has 3 aromatic rings. The van der Waals surface area contributed by atoms with Gasteiger partial charge < -0.3 is 4.74 Å². The summed E-state index contributed by atoms with van der Waals surface area (Å²) in [6, 6.07) is 11.6. The number of benzene rings is 3. The Morgan fingerprint density at radius 1 is 0.919 bits per heavy atom. The summed E-state index contributed by atoms with van der Waals surface area (Å²) in [6.45, 7) is -0.0381. The lowest BCUT2D eigenvalue weighted by Gasteiger charge is -2.26. The average molecular weight is 581 g/mol. The van der Waals surface area contributed by atoms with Gasteiger partial charge in [-0.25, -0.2) is 9.69 Å². The Kier molecular flexibility index (Phi) is 7.70. The molecule has 3 aromatic carbocycles. The number of nitrogens with zero attached hydrogens (tertiary/aromatic N) is 2. The molecule has 1 aliphatic rings. The fraction of sp³-hybridized carbons (Fsp3) is 0.0417. The van der Waals surface area contributed by atoms with Crippen LogP contribution in [0.3, 0.4) is 0 Å². The Balaban J connectivity index is 1.69. The lowest BCUT2D eigenvalue weighted by atomic mass is 10.1. The van der Waals surface area contributed by atoms with Gasteiger partial charge in [-0.1, -0.05) is 46.4 Å². The molecule has 1 N–H and O–H groups in total. The van der Waals surface area contributed by atoms with Gasteiger partial charge in [0, 0.05) is 22.7 Å². The van der Waals surface area contributed by atoms with Gasteiger partial charge in [0.25, 0.3) is 17.5 Å². The van der Waals surface area contributed by atoms with Crippen molar-refractivity contribution in [3.05, 3.63) is 102 Å². The summed E-state index contributed by atoms with van der Waals surface area (Å²) in [7, 11) is 0. The molecule has 1 heterocycles. The van der Waals surface area contributed by atoms with Crippen LogP contribution in [0.4, 0.5) is 16.2 Å². The van der Waals surface area contributed by atoms with Crippen LogP contribution in [0, 0.1) is 10.1 Å². The number of anilines is 1. The summed E-state index contributed by atoms with van der Waals surface area (Å²) in [5, 5.41) is 13.6. The number of nitrogens with one attached hydrogen (secondary N) is 1. The largest absolute Gasteiger partial charge is 0.487 e. The van der Waals surface area contributed by atoms with Crippen molar-refractivity contribution >= 4 is 81.7 Å². The topological polar surface area (TPSA) is 119 Å². The zero-order valence-corrected chi connectivity index (χ0v) is 21.4. The monoisotopic (exact) mass is 579 g/mol. The maximum Gasteiger partial charge on any atom is 0.335 e. The van der Waals surface area contributed by atoms with Crippen LogP contribution in [0.1, 0.15) is 11.1 Å². The number of hydrogen-bond acceptors (Lipinski definition) is 6. The smallest absolute Gasteiger partial charge is 0.335 e. The molecule has 37 heavy (non-hydrogen) atoms. The van der Waals surface area contributed by atoms with E-state index >= 15 is 0 Å². The van der Waals surface area contributed by atoms with E-state index < -0.39 is 28.3 Å². The van der Waals surface area contributed by atoms with Crippen molar-refractivity contribution in [2.75, 3.05) is 4.90 Å². The number of ether oxygens (including phenoxy) is 1. The normalized spacial score (nSPS) is 14.6. The fourth-order valence-corrected chi connectivity index (χ4v) is 4.24. The minimum Gasteiger partial charge on any atom is -0.487 e. The zero-order valence-electron chi connectivity index (χ0n) is 18.3. The predicted molar refractivity (Wildman–Crippen MR) is 139 cm³/mol. The first-order chi connectivity index (χ1) is 17.5. The van der Waals surface area contributed by atoms with Crippen LogP contribution < -0.4 is 15.0 Å². The van der Waals surface area contributed by atoms with Crippen LogP contribution in [0.5, 0.6) is 5.75 Å². The molecule has 0 bridgehead atoms. The molecule has 1 aliphatic heterocycles. The molecule has 0 spiro atoms. The molecule has 9 nitrogen and oxygen atoms in total. The van der Waals surface area contributed by atoms with E-state index in [-0.39, 0.29) is 49.4 Å². The molecule has 1 fully saturated rings. The third-order valence-corrected chi connectivity index (χ3v) is 6.37. The highest BCUT2D eigenvalue weighted by Gasteiger charge is 2.37. The molecule has 4 amide bonds. The summed E-state index contributed by atoms with van der Waals surface area (Å²) < 4.78 is 5.82. The van der Waals surface area contributed by atoms with E-state index in [2.05, 4.69) is 5.32 Å². The molecular weight excluding hydrogens is 568 g/mol. The Bertz CT molecular complexity index is 1490. The first-order valence-corrected chi connectivity index (χ1v) is 11.8. The molecule has 13 heteroatoms. The van der Waals surface area contributed by atoms with E-state index in [9.17, 15) is 24.5 Å². The van der Waals surface area contributed by atoms with Crippen LogP contribution in [0.15, 0.2) is 60.2 Å². The Morgan fingerprint density at radius 3 is 2.27 bits per heavy atom. The third kappa shape index (κ3) is 5.70. The van der Waals surface area contributed by atoms with Gasteiger partial charge >= 0.3 is 6.03 Å². The molecule has 4 rings (SSSR count). The highest BCUT2D eigenvalue weighted by molar-refractivity contribution is 6.43. The second-order valence-electron chi connectivity index (χ2n) is 7.57. The Labute approximate surface area is 229 Å². The third-order valence-electron chi connectivity index (χ3n) is 5.13. The molecule has 0 atom stereocenters. The SMILES string of the molecule is O=C1NC(=O)N(c2ccc(Cl)c(Cl)c2)C(=O)/C1=C/c1cc(Cl)cc(Cl)c1OCc1ccc([N+](=O)[O-])cc1. The Hall–Kier alpha value is -3.63. The maximum absolute atomic E-state index is 13.2. The van der Waals surface area contributed by atoms with Crippen molar-refractivity contribution in [1.29, 1.82) is 0 Å². The number of urea groups is 1. The highest BCUT2D eigenvalue weighted by Crippen LogP contribution is 2.36. The number of nitro benzene ring substituents is 1. The summed E-state index contributed by atoms with van der Waals surface area (Å²) in [5.41, 5.74) is 0.388. The van der Waals surface area contributed by atoms with Crippen molar-refractivity contribution < 1.29 is 24.0 Å². The lowest BCUT2D eigenvalue weighted by molar-refractivity contribution is -0.384. The summed E-state index contributed by atoms with van der Waals surface area (Å²) in [6.07, 6.45) is 1.19. The lowest BCUT2D eigenvalue weighted by Crippen LogP contribution is -2.54. The van der Waals surface area contributed by atoms with Gasteiger partial charge in [-0.2, -0.15) is 0 Å². The molecule has 0 radical (unpaired) electrons. The van der Waals surface area contributed by atoms with Crippen LogP contribution in [-0.2, 0) is 16.2 Å². The molecule has 0 unspecified atom stereocenters. The van der Waals surface area contributed by atoms with Crippen LogP contribution in [-0.4, -0.2) is 22.8 Å². The van der Waals surface area contributed by atoms with Crippen molar-refractivity contribution in [3.63, 3.8) is 0 Å². The number of amides is 4. The first-order valence-electron chi connectivity index (χ1n) is 10.3. The summed E-state index contributed by atoms with van der Waals surface area (Å²) in [4.78, 5) is 49.4. The standard InChI is InChI=1S/C24H13Cl4N3O6/c25-14-7-13(21(20(28)9-14)37-11-12-1-3-15(4-2-12)31(35)36)8-17-22(32)29-24(34)30(23(17)33)16-5-6-18(26)19(27)10-16/h1-10H,11H2,(H,29,32,34)/b17-8+. The van der Waals surface area contributed by atoms with Gasteiger partial charge in [0.05, 0.1) is 25.7 Å². The van der Waals surface area contributed by atoms with Crippen molar-refractivity contribution in [3.8, 4) is 5.75 Å². The van der Waals surface area contributed by atoms with Crippen molar-refractivity contribution in [1.82, 2.24) is 5.32 Å². The van der Waals surface area contributed by atoms with E-state index in [4.69, 9.17) is 51.1 Å². The van der Waals surface area contributed by atoms with E-state index in [1.54, 1.807) is 0 Å². The van der Waals surface area contributed by atoms with E-state index in [1.165, 1.54) is 60.7 Å². The number of halogens is 4. The molecule has 0 aromatic heterocycles. The van der Waals surface area contributed by atoms with Crippen LogP contribution in [0.25, 0.3) is 6.08 Å². The average Bonchev–Trinajstić information content (AvgIpc) is 2.83. The fourth-order valence-electron chi connectivity index (χ4n) is 3.38. The second-order valence-corrected chi connectivity index (χ2v) is 9.23. The van der Waals surface area contributed by atoms with Crippen LogP contribution in [0.2, 0.25) is 20.1 Å². The number of carbonyl (C=O) groups excluding carboxylic acids is 3. The summed E-state index contributed by atoms with van der Waals surface area (Å²) >= 11 is 24.4. The minimum atomic E-state index is -0.968. The number of rotatable bonds is 6. The highest BCUT2D eigenvalue weighted by atomic mass is 35.5. The quantitative estimate of drug-likeness (QED) is 0.155. The van der Waals surface area contributed by atoms with Crippen LogP contribution >= 0.6 is 46.4 Å². The van der Waals surface area contributed by atoms with Gasteiger partial charge in [0.15, 0.2) is 0 Å². The van der Waals surface area contributed by atoms with E-state index in [0.717, 1.165) is 4.90 Å². The first kappa shape index (κ1) is 26.4. The van der Waals surface area contributed by atoms with E-state index in [0.29, 0.717) is 5.56 Å². The number of nitro groups is 1. The molecule has 0 saturated carbocycles. The summed E-state index contributed by atoms with van der Waals surface area (Å²) in [5.74, 6) is -1.77. The maximum atomic E-state index is 13.2. The van der Waals surface area contributed by atoms with Crippen molar-refractivity contribution in [2.45, 2.75) is 6.61 Å². The number of imide groups is 2. The van der Waals surface area contributed by atoms with Gasteiger partial charge in [-0.05, 0) is 54.1 Å². The molecule has 1 saturated heterocycles. The van der Waals surface area contributed by atoms with Crippen molar-refractivity contribution in [2.24, 2.45) is 0 Å².